The number of amides is 2. The molecule has 1 aromatic heterocycles. The highest BCUT2D eigenvalue weighted by Gasteiger charge is 2.29. The molecular formula is C16H24N4O3. The van der Waals surface area contributed by atoms with Crippen LogP contribution in [0.25, 0.3) is 0 Å². The Balaban J connectivity index is 1.61. The van der Waals surface area contributed by atoms with Crippen LogP contribution in [-0.2, 0) is 27.3 Å². The van der Waals surface area contributed by atoms with Crippen LogP contribution in [0.1, 0.15) is 31.5 Å². The van der Waals surface area contributed by atoms with E-state index >= 15 is 0 Å². The van der Waals surface area contributed by atoms with Crippen molar-refractivity contribution < 1.29 is 14.3 Å². The zero-order chi connectivity index (χ0) is 16.2. The van der Waals surface area contributed by atoms with Gasteiger partial charge in [0.05, 0.1) is 12.1 Å². The SMILES string of the molecule is COCC(=O)N1CCCC(C(=O)Nc2cnc3n2CCCC3)C1. The van der Waals surface area contributed by atoms with E-state index in [-0.39, 0.29) is 24.3 Å². The van der Waals surface area contributed by atoms with Gasteiger partial charge in [-0.3, -0.25) is 9.59 Å². The summed E-state index contributed by atoms with van der Waals surface area (Å²) in [5, 5.41) is 3.00. The summed E-state index contributed by atoms with van der Waals surface area (Å²) in [6, 6.07) is 0. The zero-order valence-electron chi connectivity index (χ0n) is 13.6. The summed E-state index contributed by atoms with van der Waals surface area (Å²) in [7, 11) is 1.51. The summed E-state index contributed by atoms with van der Waals surface area (Å²) in [5.41, 5.74) is 0. The molecule has 3 rings (SSSR count). The van der Waals surface area contributed by atoms with Crippen molar-refractivity contribution in [2.24, 2.45) is 5.92 Å². The Labute approximate surface area is 136 Å². The molecule has 7 heteroatoms. The van der Waals surface area contributed by atoms with E-state index in [9.17, 15) is 9.59 Å². The van der Waals surface area contributed by atoms with Crippen LogP contribution in [0.4, 0.5) is 5.82 Å². The van der Waals surface area contributed by atoms with E-state index in [0.29, 0.717) is 13.1 Å². The van der Waals surface area contributed by atoms with Crippen molar-refractivity contribution >= 4 is 17.6 Å². The number of nitrogens with one attached hydrogen (secondary N) is 1. The van der Waals surface area contributed by atoms with Gasteiger partial charge in [0.2, 0.25) is 11.8 Å². The van der Waals surface area contributed by atoms with Gasteiger partial charge >= 0.3 is 0 Å². The van der Waals surface area contributed by atoms with Crippen LogP contribution in [0.2, 0.25) is 0 Å². The number of methoxy groups -OCH3 is 1. The number of carbonyl (C=O) groups is 2. The predicted molar refractivity (Wildman–Crippen MR) is 85.0 cm³/mol. The van der Waals surface area contributed by atoms with Crippen LogP contribution < -0.4 is 5.32 Å². The normalized spacial score (nSPS) is 20.9. The van der Waals surface area contributed by atoms with E-state index in [0.717, 1.165) is 50.3 Å². The van der Waals surface area contributed by atoms with E-state index in [1.807, 2.05) is 0 Å². The summed E-state index contributed by atoms with van der Waals surface area (Å²) in [6.45, 7) is 2.15. The molecule has 126 valence electrons. The molecule has 1 unspecified atom stereocenters. The number of ether oxygens (including phenoxy) is 1. The number of hydrogen-bond acceptors (Lipinski definition) is 4. The third-order valence-corrected chi connectivity index (χ3v) is 4.63. The highest BCUT2D eigenvalue weighted by Crippen LogP contribution is 2.22. The first-order valence-electron chi connectivity index (χ1n) is 8.31. The van der Waals surface area contributed by atoms with E-state index in [1.54, 1.807) is 11.1 Å². The summed E-state index contributed by atoms with van der Waals surface area (Å²) >= 11 is 0. The van der Waals surface area contributed by atoms with Gasteiger partial charge in [0, 0.05) is 33.2 Å². The van der Waals surface area contributed by atoms with Crippen LogP contribution >= 0.6 is 0 Å². The number of hydrogen-bond donors (Lipinski definition) is 1. The first-order chi connectivity index (χ1) is 11.2. The lowest BCUT2D eigenvalue weighted by atomic mass is 9.97. The zero-order valence-corrected chi connectivity index (χ0v) is 13.6. The van der Waals surface area contributed by atoms with Gasteiger partial charge in [-0.05, 0) is 25.7 Å². The van der Waals surface area contributed by atoms with Gasteiger partial charge in [-0.2, -0.15) is 0 Å². The van der Waals surface area contributed by atoms with Crippen LogP contribution in [0.5, 0.6) is 0 Å². The van der Waals surface area contributed by atoms with Gasteiger partial charge in [-0.1, -0.05) is 0 Å². The molecule has 2 aliphatic rings. The molecule has 1 aromatic rings. The van der Waals surface area contributed by atoms with Crippen molar-refractivity contribution in [3.8, 4) is 0 Å². The molecule has 1 atom stereocenters. The van der Waals surface area contributed by atoms with Crippen molar-refractivity contribution in [3.05, 3.63) is 12.0 Å². The maximum Gasteiger partial charge on any atom is 0.248 e. The molecule has 1 N–H and O–H groups in total. The summed E-state index contributed by atoms with van der Waals surface area (Å²) in [5.74, 6) is 1.59. The van der Waals surface area contributed by atoms with E-state index in [4.69, 9.17) is 4.74 Å². The van der Waals surface area contributed by atoms with Gasteiger partial charge in [-0.15, -0.1) is 0 Å². The molecule has 3 heterocycles. The molecule has 0 spiro atoms. The van der Waals surface area contributed by atoms with Gasteiger partial charge < -0.3 is 19.5 Å². The fourth-order valence-electron chi connectivity index (χ4n) is 3.38. The molecular weight excluding hydrogens is 296 g/mol. The van der Waals surface area contributed by atoms with Gasteiger partial charge in [0.25, 0.3) is 0 Å². The number of fused-ring (bicyclic) bond motifs is 1. The average molecular weight is 320 g/mol. The van der Waals surface area contributed by atoms with Crippen LogP contribution in [-0.4, -0.2) is 53.1 Å². The Morgan fingerprint density at radius 1 is 1.35 bits per heavy atom. The monoisotopic (exact) mass is 320 g/mol. The van der Waals surface area contributed by atoms with Crippen LogP contribution in [0, 0.1) is 5.92 Å². The van der Waals surface area contributed by atoms with Crippen molar-refractivity contribution in [1.82, 2.24) is 14.5 Å². The average Bonchev–Trinajstić information content (AvgIpc) is 2.98. The molecule has 2 amide bonds. The number of likely N-dealkylation sites (tertiary alicyclic amines) is 1. The Bertz CT molecular complexity index is 584. The Hall–Kier alpha value is -1.89. The molecule has 0 radical (unpaired) electrons. The standard InChI is InChI=1S/C16H24N4O3/c1-23-11-15(21)19-7-4-5-12(10-19)16(22)18-14-9-17-13-6-2-3-8-20(13)14/h9,12H,2-8,10-11H2,1H3,(H,18,22). The van der Waals surface area contributed by atoms with Crippen molar-refractivity contribution in [1.29, 1.82) is 0 Å². The lowest BCUT2D eigenvalue weighted by molar-refractivity contribution is -0.138. The summed E-state index contributed by atoms with van der Waals surface area (Å²) < 4.78 is 6.99. The molecule has 0 bridgehead atoms. The minimum Gasteiger partial charge on any atom is -0.375 e. The quantitative estimate of drug-likeness (QED) is 0.899. The second kappa shape index (κ2) is 7.12. The molecule has 23 heavy (non-hydrogen) atoms. The van der Waals surface area contributed by atoms with Crippen molar-refractivity contribution in [3.63, 3.8) is 0 Å². The van der Waals surface area contributed by atoms with E-state index in [1.165, 1.54) is 7.11 Å². The van der Waals surface area contributed by atoms with Crippen LogP contribution in [0.3, 0.4) is 0 Å². The first kappa shape index (κ1) is 16.0. The third kappa shape index (κ3) is 3.55. The Morgan fingerprint density at radius 3 is 3.04 bits per heavy atom. The highest BCUT2D eigenvalue weighted by atomic mass is 16.5. The third-order valence-electron chi connectivity index (χ3n) is 4.63. The van der Waals surface area contributed by atoms with Crippen molar-refractivity contribution in [2.75, 3.05) is 32.1 Å². The number of nitrogens with zero attached hydrogens (tertiary/aromatic N) is 3. The van der Waals surface area contributed by atoms with E-state index in [2.05, 4.69) is 14.9 Å². The largest absolute Gasteiger partial charge is 0.375 e. The number of rotatable bonds is 4. The van der Waals surface area contributed by atoms with Gasteiger partial charge in [0.15, 0.2) is 0 Å². The summed E-state index contributed by atoms with van der Waals surface area (Å²) in [6.07, 6.45) is 6.65. The number of aryl methyl sites for hydroxylation is 1. The predicted octanol–water partition coefficient (Wildman–Crippen LogP) is 1.04. The topological polar surface area (TPSA) is 76.5 Å². The number of anilines is 1. The fraction of sp³-hybridized carbons (Fsp3) is 0.688. The lowest BCUT2D eigenvalue weighted by Crippen LogP contribution is -2.45. The summed E-state index contributed by atoms with van der Waals surface area (Å²) in [4.78, 5) is 30.6. The molecule has 0 aliphatic carbocycles. The van der Waals surface area contributed by atoms with Crippen molar-refractivity contribution in [2.45, 2.75) is 38.6 Å². The van der Waals surface area contributed by atoms with Gasteiger partial charge in [-0.25, -0.2) is 4.98 Å². The molecule has 1 saturated heterocycles. The molecule has 0 aromatic carbocycles. The molecule has 0 saturated carbocycles. The number of piperidine rings is 1. The van der Waals surface area contributed by atoms with E-state index < -0.39 is 0 Å². The lowest BCUT2D eigenvalue weighted by Gasteiger charge is -2.32. The Morgan fingerprint density at radius 2 is 2.22 bits per heavy atom. The minimum absolute atomic E-state index is 0.0202. The number of imidazole rings is 1. The maximum absolute atomic E-state index is 12.6. The molecule has 2 aliphatic heterocycles. The Kier molecular flexibility index (Phi) is 4.95. The first-order valence-corrected chi connectivity index (χ1v) is 8.31. The second-order valence-electron chi connectivity index (χ2n) is 6.27. The minimum atomic E-state index is -0.167. The smallest absolute Gasteiger partial charge is 0.248 e. The molecule has 1 fully saturated rings. The second-order valence-corrected chi connectivity index (χ2v) is 6.27. The highest BCUT2D eigenvalue weighted by molar-refractivity contribution is 5.92. The van der Waals surface area contributed by atoms with Gasteiger partial charge in [0.1, 0.15) is 18.2 Å². The fourth-order valence-corrected chi connectivity index (χ4v) is 3.38. The number of carbonyl (C=O) groups excluding carboxylic acids is 2. The maximum atomic E-state index is 12.6. The molecule has 7 nitrogen and oxygen atoms in total. The number of aromatic nitrogens is 2. The van der Waals surface area contributed by atoms with Crippen LogP contribution in [0.15, 0.2) is 6.20 Å².